The molecule has 0 aliphatic carbocycles. The van der Waals surface area contributed by atoms with Gasteiger partial charge >= 0.3 is 6.09 Å². The predicted octanol–water partition coefficient (Wildman–Crippen LogP) is 3.89. The molecule has 6 rings (SSSR count). The Morgan fingerprint density at radius 2 is 1.72 bits per heavy atom. The van der Waals surface area contributed by atoms with Crippen LogP contribution in [0.4, 0.5) is 4.79 Å². The van der Waals surface area contributed by atoms with E-state index in [1.807, 2.05) is 36.4 Å². The third-order valence-corrected chi connectivity index (χ3v) is 9.33. The lowest BCUT2D eigenvalue weighted by Crippen LogP contribution is -2.75. The fraction of sp³-hybridized carbons (Fsp3) is 0.350. The number of piperazine rings is 1. The molecule has 2 fully saturated rings. The van der Waals surface area contributed by atoms with E-state index in [0.29, 0.717) is 23.0 Å². The molecule has 14 nitrogen and oxygen atoms in total. The number of imidazole rings is 1. The molecular weight excluding hydrogens is 690 g/mol. The highest BCUT2D eigenvalue weighted by Crippen LogP contribution is 2.31. The number of ether oxygens (including phenoxy) is 1. The van der Waals surface area contributed by atoms with Gasteiger partial charge in [0, 0.05) is 25.9 Å². The number of hydrogen-bond acceptors (Lipinski definition) is 9. The number of amides is 4. The molecule has 4 aromatic rings. The van der Waals surface area contributed by atoms with Gasteiger partial charge in [0.15, 0.2) is 0 Å². The van der Waals surface area contributed by atoms with Crippen LogP contribution in [0.25, 0.3) is 11.0 Å². The first-order chi connectivity index (χ1) is 25.8. The first-order valence-corrected chi connectivity index (χ1v) is 17.9. The van der Waals surface area contributed by atoms with Crippen molar-refractivity contribution >= 4 is 40.8 Å². The fourth-order valence-corrected chi connectivity index (χ4v) is 6.95. The van der Waals surface area contributed by atoms with Gasteiger partial charge in [-0.25, -0.2) is 19.8 Å². The zero-order chi connectivity index (χ0) is 38.6. The van der Waals surface area contributed by atoms with Crippen LogP contribution >= 0.6 is 0 Å². The molecule has 2 aliphatic rings. The Hall–Kier alpha value is -6.02. The highest BCUT2D eigenvalue weighted by atomic mass is 16.6. The van der Waals surface area contributed by atoms with E-state index in [9.17, 15) is 29.1 Å². The molecule has 54 heavy (non-hydrogen) atoms. The highest BCUT2D eigenvalue weighted by molar-refractivity contribution is 5.94. The van der Waals surface area contributed by atoms with Crippen LogP contribution in [0.15, 0.2) is 91.8 Å². The lowest BCUT2D eigenvalue weighted by atomic mass is 9.98. The van der Waals surface area contributed by atoms with E-state index < -0.39 is 29.8 Å². The van der Waals surface area contributed by atoms with E-state index in [1.165, 1.54) is 27.9 Å². The topological polar surface area (TPSA) is 158 Å². The van der Waals surface area contributed by atoms with Crippen molar-refractivity contribution in [2.45, 2.75) is 64.4 Å². The van der Waals surface area contributed by atoms with Crippen LogP contribution in [0.5, 0.6) is 5.75 Å². The van der Waals surface area contributed by atoms with Gasteiger partial charge in [-0.05, 0) is 62.1 Å². The molecule has 0 unspecified atom stereocenters. The number of carbonyl (C=O) groups is 5. The number of hydrogen-bond donors (Lipinski definition) is 2. The minimum absolute atomic E-state index is 0.0250. The van der Waals surface area contributed by atoms with E-state index in [4.69, 9.17) is 4.74 Å². The summed E-state index contributed by atoms with van der Waals surface area (Å²) in [6, 6.07) is 20.5. The number of aromatic hydroxyl groups is 1. The van der Waals surface area contributed by atoms with Gasteiger partial charge < -0.3 is 25.0 Å². The maximum absolute atomic E-state index is 14.5. The summed E-state index contributed by atoms with van der Waals surface area (Å²) in [5, 5.41) is 15.7. The molecule has 3 aromatic carbocycles. The summed E-state index contributed by atoms with van der Waals surface area (Å²) in [4.78, 5) is 75.7. The molecule has 1 aromatic heterocycles. The SMILES string of the molecule is C=CCN1CC(=O)N2[C@@H](Cc3ccc(O)cc3)C(=O)N(Cc3cccc4c3ncn4C(=O)CNC(=O)OC(C)(C)C)C[C@@H]2N1C(=O)CCc1ccccc1. The number of fused-ring (bicyclic) bond motifs is 2. The summed E-state index contributed by atoms with van der Waals surface area (Å²) in [6.45, 7) is 8.96. The predicted molar refractivity (Wildman–Crippen MR) is 200 cm³/mol. The molecule has 0 bridgehead atoms. The van der Waals surface area contributed by atoms with Crippen LogP contribution in [0, 0.1) is 0 Å². The molecule has 282 valence electrons. The first kappa shape index (κ1) is 37.7. The quantitative estimate of drug-likeness (QED) is 0.218. The fourth-order valence-electron chi connectivity index (χ4n) is 6.95. The van der Waals surface area contributed by atoms with Crippen LogP contribution < -0.4 is 5.32 Å². The zero-order valence-corrected chi connectivity index (χ0v) is 30.7. The molecule has 14 heteroatoms. The van der Waals surface area contributed by atoms with Crippen LogP contribution in [0.3, 0.4) is 0 Å². The second kappa shape index (κ2) is 15.9. The average Bonchev–Trinajstić information content (AvgIpc) is 3.57. The number of aromatic nitrogens is 2. The minimum Gasteiger partial charge on any atom is -0.508 e. The summed E-state index contributed by atoms with van der Waals surface area (Å²) in [5.41, 5.74) is 2.63. The highest BCUT2D eigenvalue weighted by Gasteiger charge is 2.51. The number of hydrazine groups is 1. The van der Waals surface area contributed by atoms with Crippen molar-refractivity contribution in [3.8, 4) is 5.75 Å². The molecule has 3 heterocycles. The van der Waals surface area contributed by atoms with Crippen LogP contribution in [0.1, 0.15) is 48.7 Å². The Morgan fingerprint density at radius 3 is 2.43 bits per heavy atom. The number of alkyl carbamates (subject to hydrolysis) is 1. The molecule has 2 N–H and O–H groups in total. The lowest BCUT2D eigenvalue weighted by molar-refractivity contribution is -0.205. The van der Waals surface area contributed by atoms with Gasteiger partial charge in [-0.3, -0.25) is 23.7 Å². The number of phenols is 1. The molecule has 2 atom stereocenters. The van der Waals surface area contributed by atoms with Gasteiger partial charge in [-0.2, -0.15) is 0 Å². The number of carbonyl (C=O) groups excluding carboxylic acids is 5. The van der Waals surface area contributed by atoms with Crippen LogP contribution in [-0.2, 0) is 38.5 Å². The Kier molecular flexibility index (Phi) is 11.1. The van der Waals surface area contributed by atoms with Gasteiger partial charge in [0.1, 0.15) is 36.4 Å². The Bertz CT molecular complexity index is 2040. The van der Waals surface area contributed by atoms with Crippen molar-refractivity contribution in [3.05, 3.63) is 108 Å². The number of aryl methyl sites for hydroxylation is 1. The number of nitrogens with zero attached hydrogens (tertiary/aromatic N) is 6. The number of para-hydroxylation sites is 1. The van der Waals surface area contributed by atoms with E-state index in [2.05, 4.69) is 16.9 Å². The van der Waals surface area contributed by atoms with E-state index >= 15 is 0 Å². The first-order valence-electron chi connectivity index (χ1n) is 17.9. The zero-order valence-electron chi connectivity index (χ0n) is 30.7. The van der Waals surface area contributed by atoms with E-state index in [-0.39, 0.29) is 69.0 Å². The van der Waals surface area contributed by atoms with Crippen LogP contribution in [-0.4, -0.2) is 108 Å². The largest absolute Gasteiger partial charge is 0.508 e. The molecule has 2 aliphatic heterocycles. The van der Waals surface area contributed by atoms with Crippen molar-refractivity contribution < 1.29 is 33.8 Å². The third-order valence-electron chi connectivity index (χ3n) is 9.33. The molecule has 0 spiro atoms. The van der Waals surface area contributed by atoms with Crippen molar-refractivity contribution in [1.82, 2.24) is 34.7 Å². The third kappa shape index (κ3) is 8.44. The summed E-state index contributed by atoms with van der Waals surface area (Å²) < 4.78 is 6.58. The minimum atomic E-state index is -0.951. The van der Waals surface area contributed by atoms with Crippen molar-refractivity contribution in [2.24, 2.45) is 0 Å². The van der Waals surface area contributed by atoms with Gasteiger partial charge in [0.2, 0.25) is 17.7 Å². The van der Waals surface area contributed by atoms with Gasteiger partial charge in [-0.1, -0.05) is 60.7 Å². The number of phenolic OH excluding ortho intramolecular Hbond substituents is 1. The summed E-state index contributed by atoms with van der Waals surface area (Å²) in [6.07, 6.45) is 2.31. The number of benzene rings is 3. The monoisotopic (exact) mass is 735 g/mol. The summed E-state index contributed by atoms with van der Waals surface area (Å²) in [5.74, 6) is -1.16. The van der Waals surface area contributed by atoms with Gasteiger partial charge in [0.25, 0.3) is 5.91 Å². The normalized spacial score (nSPS) is 17.7. The Morgan fingerprint density at radius 1 is 0.981 bits per heavy atom. The molecular formula is C40H45N7O7. The van der Waals surface area contributed by atoms with Crippen molar-refractivity contribution in [2.75, 3.05) is 26.2 Å². The maximum Gasteiger partial charge on any atom is 0.408 e. The molecule has 2 saturated heterocycles. The second-order valence-electron chi connectivity index (χ2n) is 14.4. The van der Waals surface area contributed by atoms with Gasteiger partial charge in [-0.15, -0.1) is 6.58 Å². The van der Waals surface area contributed by atoms with Crippen molar-refractivity contribution in [3.63, 3.8) is 0 Å². The summed E-state index contributed by atoms with van der Waals surface area (Å²) >= 11 is 0. The number of rotatable bonds is 11. The Balaban J connectivity index is 1.31. The molecule has 0 radical (unpaired) electrons. The van der Waals surface area contributed by atoms with Gasteiger partial charge in [0.05, 0.1) is 24.1 Å². The second-order valence-corrected chi connectivity index (χ2v) is 14.4. The van der Waals surface area contributed by atoms with Crippen molar-refractivity contribution in [1.29, 1.82) is 0 Å². The van der Waals surface area contributed by atoms with E-state index in [0.717, 1.165) is 11.1 Å². The standard InChI is InChI=1S/C40H45N7O7/c1-5-20-44-25-36(51)46-32(21-28-14-17-30(48)18-15-28)38(52)43(24-33(46)47(44)34(49)19-16-27-10-7-6-8-11-27)23-29-12-9-13-31-37(29)42-26-45(31)35(50)22-41-39(53)54-40(2,3)4/h5-15,17-18,26,32-33,48H,1,16,19-25H2,2-4H3,(H,41,53)/t32-,33-/m0/s1. The van der Waals surface area contributed by atoms with Crippen LogP contribution in [0.2, 0.25) is 0 Å². The average molecular weight is 736 g/mol. The maximum atomic E-state index is 14.5. The number of nitrogens with one attached hydrogen (secondary N) is 1. The van der Waals surface area contributed by atoms with E-state index in [1.54, 1.807) is 66.0 Å². The smallest absolute Gasteiger partial charge is 0.408 e. The summed E-state index contributed by atoms with van der Waals surface area (Å²) in [7, 11) is 0. The molecule has 4 amide bonds. The molecule has 0 saturated carbocycles. The lowest BCUT2D eigenvalue weighted by Gasteiger charge is -2.55. The Labute approximate surface area is 313 Å².